The van der Waals surface area contributed by atoms with Crippen molar-refractivity contribution in [3.05, 3.63) is 22.4 Å². The predicted molar refractivity (Wildman–Crippen MR) is 78.3 cm³/mol. The summed E-state index contributed by atoms with van der Waals surface area (Å²) in [5.74, 6) is 0.279. The van der Waals surface area contributed by atoms with Gasteiger partial charge >= 0.3 is 0 Å². The molecule has 2 aliphatic heterocycles. The van der Waals surface area contributed by atoms with Crippen LogP contribution in [-0.2, 0) is 16.1 Å². The van der Waals surface area contributed by atoms with Gasteiger partial charge in [-0.1, -0.05) is 6.07 Å². The summed E-state index contributed by atoms with van der Waals surface area (Å²) in [6.45, 7) is 2.30. The molecule has 2 aliphatic rings. The lowest BCUT2D eigenvalue weighted by molar-refractivity contribution is -0.142. The van der Waals surface area contributed by atoms with Gasteiger partial charge in [0, 0.05) is 24.4 Å². The molecule has 20 heavy (non-hydrogen) atoms. The predicted octanol–water partition coefficient (Wildman–Crippen LogP) is 2.25. The van der Waals surface area contributed by atoms with E-state index in [1.165, 1.54) is 6.42 Å². The molecule has 108 valence electrons. The molecule has 1 aromatic heterocycles. The van der Waals surface area contributed by atoms with E-state index in [2.05, 4.69) is 0 Å². The average Bonchev–Trinajstić information content (AvgIpc) is 3.11. The fourth-order valence-corrected chi connectivity index (χ4v) is 3.79. The molecule has 0 unspecified atom stereocenters. The molecular formula is C15H20N2O2S. The van der Waals surface area contributed by atoms with Crippen LogP contribution in [0.15, 0.2) is 17.5 Å². The summed E-state index contributed by atoms with van der Waals surface area (Å²) in [4.78, 5) is 29.6. The van der Waals surface area contributed by atoms with E-state index in [9.17, 15) is 9.59 Å². The lowest BCUT2D eigenvalue weighted by Gasteiger charge is -2.32. The van der Waals surface area contributed by atoms with Crippen molar-refractivity contribution in [1.82, 2.24) is 9.80 Å². The van der Waals surface area contributed by atoms with Gasteiger partial charge in [-0.2, -0.15) is 0 Å². The molecule has 0 bridgehead atoms. The minimum atomic E-state index is -0.234. The summed E-state index contributed by atoms with van der Waals surface area (Å²) < 4.78 is 0. The molecule has 0 radical (unpaired) electrons. The van der Waals surface area contributed by atoms with E-state index >= 15 is 0 Å². The van der Waals surface area contributed by atoms with E-state index in [1.54, 1.807) is 16.2 Å². The maximum atomic E-state index is 12.6. The van der Waals surface area contributed by atoms with Crippen LogP contribution in [0.5, 0.6) is 0 Å². The number of carbonyl (C=O) groups is 2. The second-order valence-corrected chi connectivity index (χ2v) is 6.57. The van der Waals surface area contributed by atoms with E-state index < -0.39 is 0 Å². The molecule has 0 aliphatic carbocycles. The molecule has 0 saturated carbocycles. The van der Waals surface area contributed by atoms with Gasteiger partial charge in [-0.15, -0.1) is 11.3 Å². The number of piperidine rings is 1. The Hall–Kier alpha value is -1.36. The molecule has 4 nitrogen and oxygen atoms in total. The first-order valence-electron chi connectivity index (χ1n) is 7.36. The summed E-state index contributed by atoms with van der Waals surface area (Å²) in [5.41, 5.74) is 0. The van der Waals surface area contributed by atoms with Crippen molar-refractivity contribution in [3.63, 3.8) is 0 Å². The third kappa shape index (κ3) is 2.73. The quantitative estimate of drug-likeness (QED) is 0.857. The lowest BCUT2D eigenvalue weighted by Crippen LogP contribution is -2.48. The first-order chi connectivity index (χ1) is 9.75. The molecule has 5 heteroatoms. The standard InChI is InChI=1S/C15H20N2O2S/c18-14-7-6-13(15(19)16-8-2-1-3-9-16)17(14)11-12-5-4-10-20-12/h4-5,10,13H,1-3,6-9,11H2/t13-/m1/s1. The van der Waals surface area contributed by atoms with Gasteiger partial charge in [0.2, 0.25) is 11.8 Å². The summed E-state index contributed by atoms with van der Waals surface area (Å²) in [5, 5.41) is 2.01. The number of carbonyl (C=O) groups excluding carboxylic acids is 2. The summed E-state index contributed by atoms with van der Waals surface area (Å²) in [7, 11) is 0. The molecule has 2 saturated heterocycles. The molecule has 0 N–H and O–H groups in total. The zero-order valence-corrected chi connectivity index (χ0v) is 12.4. The van der Waals surface area contributed by atoms with Crippen molar-refractivity contribution >= 4 is 23.2 Å². The number of nitrogens with zero attached hydrogens (tertiary/aromatic N) is 2. The molecule has 2 amide bonds. The molecule has 3 rings (SSSR count). The topological polar surface area (TPSA) is 40.6 Å². The second-order valence-electron chi connectivity index (χ2n) is 5.54. The van der Waals surface area contributed by atoms with Crippen molar-refractivity contribution in [2.24, 2.45) is 0 Å². The first-order valence-corrected chi connectivity index (χ1v) is 8.24. The molecule has 1 atom stereocenters. The molecule has 1 aromatic rings. The average molecular weight is 292 g/mol. The van der Waals surface area contributed by atoms with Crippen molar-refractivity contribution in [2.45, 2.75) is 44.7 Å². The number of thiophene rings is 1. The SMILES string of the molecule is O=C([C@H]1CCC(=O)N1Cc1cccs1)N1CCCCC1. The van der Waals surface area contributed by atoms with Crippen LogP contribution in [0.1, 0.15) is 37.0 Å². The van der Waals surface area contributed by atoms with Crippen molar-refractivity contribution in [3.8, 4) is 0 Å². The second kappa shape index (κ2) is 5.95. The Kier molecular flexibility index (Phi) is 4.05. The molecular weight excluding hydrogens is 272 g/mol. The summed E-state index contributed by atoms with van der Waals surface area (Å²) in [6, 6.07) is 3.78. The van der Waals surface area contributed by atoms with E-state index in [0.29, 0.717) is 19.4 Å². The van der Waals surface area contributed by atoms with E-state index in [0.717, 1.165) is 30.8 Å². The maximum Gasteiger partial charge on any atom is 0.245 e. The Morgan fingerprint density at radius 2 is 2.10 bits per heavy atom. The highest BCUT2D eigenvalue weighted by Gasteiger charge is 2.38. The zero-order chi connectivity index (χ0) is 13.9. The fourth-order valence-electron chi connectivity index (χ4n) is 3.08. The monoisotopic (exact) mass is 292 g/mol. The summed E-state index contributed by atoms with van der Waals surface area (Å²) in [6.07, 6.45) is 4.59. The highest BCUT2D eigenvalue weighted by molar-refractivity contribution is 7.09. The highest BCUT2D eigenvalue weighted by atomic mass is 32.1. The summed E-state index contributed by atoms with van der Waals surface area (Å²) >= 11 is 1.64. The number of amides is 2. The number of hydrogen-bond acceptors (Lipinski definition) is 3. The Morgan fingerprint density at radius 3 is 2.80 bits per heavy atom. The number of likely N-dealkylation sites (tertiary alicyclic amines) is 2. The van der Waals surface area contributed by atoms with E-state index in [-0.39, 0.29) is 17.9 Å². The van der Waals surface area contributed by atoms with Crippen LogP contribution in [0.25, 0.3) is 0 Å². The van der Waals surface area contributed by atoms with Gasteiger partial charge in [0.25, 0.3) is 0 Å². The first kappa shape index (κ1) is 13.6. The van der Waals surface area contributed by atoms with Crippen LogP contribution in [-0.4, -0.2) is 40.7 Å². The van der Waals surface area contributed by atoms with Crippen LogP contribution in [0.4, 0.5) is 0 Å². The smallest absolute Gasteiger partial charge is 0.245 e. The fraction of sp³-hybridized carbons (Fsp3) is 0.600. The normalized spacial score (nSPS) is 23.4. The van der Waals surface area contributed by atoms with E-state index in [1.807, 2.05) is 22.4 Å². The molecule has 2 fully saturated rings. The minimum Gasteiger partial charge on any atom is -0.341 e. The van der Waals surface area contributed by atoms with E-state index in [4.69, 9.17) is 0 Å². The lowest BCUT2D eigenvalue weighted by atomic mass is 10.1. The Labute approximate surface area is 123 Å². The van der Waals surface area contributed by atoms with Crippen molar-refractivity contribution in [2.75, 3.05) is 13.1 Å². The number of rotatable bonds is 3. The van der Waals surface area contributed by atoms with Gasteiger partial charge < -0.3 is 9.80 Å². The van der Waals surface area contributed by atoms with Gasteiger partial charge in [-0.3, -0.25) is 9.59 Å². The van der Waals surface area contributed by atoms with Gasteiger partial charge in [0.05, 0.1) is 6.54 Å². The maximum absolute atomic E-state index is 12.6. The Bertz CT molecular complexity index is 480. The third-order valence-corrected chi connectivity index (χ3v) is 5.05. The van der Waals surface area contributed by atoms with Crippen LogP contribution < -0.4 is 0 Å². The highest BCUT2D eigenvalue weighted by Crippen LogP contribution is 2.25. The largest absolute Gasteiger partial charge is 0.341 e. The molecule has 3 heterocycles. The van der Waals surface area contributed by atoms with Crippen LogP contribution in [0.2, 0.25) is 0 Å². The zero-order valence-electron chi connectivity index (χ0n) is 11.6. The number of hydrogen-bond donors (Lipinski definition) is 0. The minimum absolute atomic E-state index is 0.119. The molecule has 0 aromatic carbocycles. The molecule has 0 spiro atoms. The van der Waals surface area contributed by atoms with Gasteiger partial charge in [-0.25, -0.2) is 0 Å². The van der Waals surface area contributed by atoms with Gasteiger partial charge in [0.1, 0.15) is 6.04 Å². The van der Waals surface area contributed by atoms with Crippen molar-refractivity contribution < 1.29 is 9.59 Å². The van der Waals surface area contributed by atoms with Crippen LogP contribution in [0.3, 0.4) is 0 Å². The Morgan fingerprint density at radius 1 is 1.30 bits per heavy atom. The van der Waals surface area contributed by atoms with Crippen molar-refractivity contribution in [1.29, 1.82) is 0 Å². The Balaban J connectivity index is 1.70. The van der Waals surface area contributed by atoms with Gasteiger partial charge in [-0.05, 0) is 37.1 Å². The third-order valence-electron chi connectivity index (χ3n) is 4.19. The van der Waals surface area contributed by atoms with Crippen LogP contribution >= 0.6 is 11.3 Å². The van der Waals surface area contributed by atoms with Gasteiger partial charge in [0.15, 0.2) is 0 Å². The van der Waals surface area contributed by atoms with Crippen LogP contribution in [0, 0.1) is 0 Å².